The first kappa shape index (κ1) is 13.9. The van der Waals surface area contributed by atoms with Crippen LogP contribution in [0.4, 0.5) is 19.0 Å². The third kappa shape index (κ3) is 2.59. The van der Waals surface area contributed by atoms with Crippen molar-refractivity contribution in [2.24, 2.45) is 5.92 Å². The first-order chi connectivity index (χ1) is 9.45. The number of hydrogen-bond donors (Lipinski definition) is 1. The quantitative estimate of drug-likeness (QED) is 0.864. The van der Waals surface area contributed by atoms with Gasteiger partial charge in [0, 0.05) is 25.3 Å². The van der Waals surface area contributed by atoms with Gasteiger partial charge in [0.1, 0.15) is 5.82 Å². The van der Waals surface area contributed by atoms with Gasteiger partial charge in [-0.05, 0) is 31.4 Å². The predicted molar refractivity (Wildman–Crippen MR) is 71.0 cm³/mol. The normalized spacial score (nSPS) is 26.7. The molecule has 0 bridgehead atoms. The average Bonchev–Trinajstić information content (AvgIpc) is 2.84. The minimum atomic E-state index is -4.41. The maximum atomic E-state index is 12.6. The van der Waals surface area contributed by atoms with Crippen molar-refractivity contribution < 1.29 is 13.2 Å². The number of hydrogen-bond acceptors (Lipinski definition) is 3. The highest BCUT2D eigenvalue weighted by atomic mass is 35.5. The maximum Gasteiger partial charge on any atom is 0.417 e. The maximum absolute atomic E-state index is 12.6. The van der Waals surface area contributed by atoms with Crippen LogP contribution in [-0.4, -0.2) is 30.7 Å². The Kier molecular flexibility index (Phi) is 3.54. The molecule has 0 radical (unpaired) electrons. The van der Waals surface area contributed by atoms with E-state index in [4.69, 9.17) is 11.6 Å². The molecule has 0 spiro atoms. The molecule has 1 aromatic rings. The van der Waals surface area contributed by atoms with E-state index in [0.29, 0.717) is 17.8 Å². The second-order valence-corrected chi connectivity index (χ2v) is 5.78. The molecule has 1 aromatic heterocycles. The molecule has 2 fully saturated rings. The number of rotatable bonds is 1. The zero-order chi connectivity index (χ0) is 14.3. The zero-order valence-electron chi connectivity index (χ0n) is 10.8. The molecule has 20 heavy (non-hydrogen) atoms. The lowest BCUT2D eigenvalue weighted by atomic mass is 9.93. The van der Waals surface area contributed by atoms with Crippen molar-refractivity contribution in [1.29, 1.82) is 0 Å². The second kappa shape index (κ2) is 5.07. The van der Waals surface area contributed by atoms with E-state index in [1.54, 1.807) is 0 Å². The van der Waals surface area contributed by atoms with Gasteiger partial charge >= 0.3 is 6.18 Å². The summed E-state index contributed by atoms with van der Waals surface area (Å²) in [5.41, 5.74) is -0.802. The van der Waals surface area contributed by atoms with Gasteiger partial charge in [0.25, 0.3) is 0 Å². The third-order valence-corrected chi connectivity index (χ3v) is 4.38. The van der Waals surface area contributed by atoms with Crippen molar-refractivity contribution in [2.75, 3.05) is 24.5 Å². The van der Waals surface area contributed by atoms with Gasteiger partial charge in [-0.25, -0.2) is 4.98 Å². The molecule has 3 rings (SSSR count). The van der Waals surface area contributed by atoms with Crippen molar-refractivity contribution >= 4 is 17.4 Å². The lowest BCUT2D eigenvalue weighted by Gasteiger charge is -2.36. The Morgan fingerprint density at radius 3 is 2.85 bits per heavy atom. The van der Waals surface area contributed by atoms with Gasteiger partial charge in [0.2, 0.25) is 0 Å². The molecule has 7 heteroatoms. The first-order valence-corrected chi connectivity index (χ1v) is 7.04. The van der Waals surface area contributed by atoms with Crippen LogP contribution < -0.4 is 10.2 Å². The summed E-state index contributed by atoms with van der Waals surface area (Å²) in [4.78, 5) is 5.93. The summed E-state index contributed by atoms with van der Waals surface area (Å²) in [6, 6.07) is 1.49. The standard InChI is InChI=1S/C13H15ClF3N3/c14-10-5-9(13(15,16)17)6-19-12(10)20-4-2-11-8(7-20)1-3-18-11/h5-6,8,11,18H,1-4,7H2. The summed E-state index contributed by atoms with van der Waals surface area (Å²) in [6.07, 6.45) is -1.47. The Labute approximate surface area is 120 Å². The van der Waals surface area contributed by atoms with E-state index < -0.39 is 11.7 Å². The average molecular weight is 306 g/mol. The number of pyridine rings is 1. The van der Waals surface area contributed by atoms with Gasteiger partial charge in [-0.2, -0.15) is 13.2 Å². The molecule has 0 aromatic carbocycles. The van der Waals surface area contributed by atoms with Gasteiger partial charge in [-0.15, -0.1) is 0 Å². The number of aromatic nitrogens is 1. The molecular formula is C13H15ClF3N3. The van der Waals surface area contributed by atoms with Crippen molar-refractivity contribution in [3.8, 4) is 0 Å². The zero-order valence-corrected chi connectivity index (χ0v) is 11.5. The third-order valence-electron chi connectivity index (χ3n) is 4.10. The van der Waals surface area contributed by atoms with Crippen LogP contribution in [0.2, 0.25) is 5.02 Å². The monoisotopic (exact) mass is 305 g/mol. The van der Waals surface area contributed by atoms with Crippen molar-refractivity contribution in [1.82, 2.24) is 10.3 Å². The van der Waals surface area contributed by atoms with Crippen LogP contribution in [0.5, 0.6) is 0 Å². The minimum absolute atomic E-state index is 0.0734. The number of alkyl halides is 3. The molecule has 0 aliphatic carbocycles. The van der Waals surface area contributed by atoms with Crippen molar-refractivity contribution in [3.05, 3.63) is 22.8 Å². The molecule has 2 atom stereocenters. The largest absolute Gasteiger partial charge is 0.417 e. The Hall–Kier alpha value is -1.01. The van der Waals surface area contributed by atoms with E-state index in [1.807, 2.05) is 4.90 Å². The molecule has 0 saturated carbocycles. The minimum Gasteiger partial charge on any atom is -0.355 e. The highest BCUT2D eigenvalue weighted by Crippen LogP contribution is 2.35. The highest BCUT2D eigenvalue weighted by Gasteiger charge is 2.35. The molecule has 3 heterocycles. The molecule has 0 amide bonds. The lowest BCUT2D eigenvalue weighted by molar-refractivity contribution is -0.137. The van der Waals surface area contributed by atoms with E-state index in [9.17, 15) is 13.2 Å². The van der Waals surface area contributed by atoms with Crippen LogP contribution in [0.15, 0.2) is 12.3 Å². The van der Waals surface area contributed by atoms with E-state index in [2.05, 4.69) is 10.3 Å². The van der Waals surface area contributed by atoms with Crippen molar-refractivity contribution in [3.63, 3.8) is 0 Å². The molecule has 2 saturated heterocycles. The van der Waals surface area contributed by atoms with E-state index in [1.165, 1.54) is 0 Å². The molecule has 2 unspecified atom stereocenters. The van der Waals surface area contributed by atoms with Crippen LogP contribution in [0.3, 0.4) is 0 Å². The molecule has 2 aliphatic rings. The summed E-state index contributed by atoms with van der Waals surface area (Å²) in [5.74, 6) is 0.994. The number of nitrogens with one attached hydrogen (secondary N) is 1. The van der Waals surface area contributed by atoms with Gasteiger partial charge in [0.05, 0.1) is 10.6 Å². The van der Waals surface area contributed by atoms with Crippen molar-refractivity contribution in [2.45, 2.75) is 25.1 Å². The van der Waals surface area contributed by atoms with E-state index >= 15 is 0 Å². The number of piperidine rings is 1. The van der Waals surface area contributed by atoms with Crippen LogP contribution in [0, 0.1) is 5.92 Å². The highest BCUT2D eigenvalue weighted by molar-refractivity contribution is 6.33. The fraction of sp³-hybridized carbons (Fsp3) is 0.615. The fourth-order valence-corrected chi connectivity index (χ4v) is 3.34. The van der Waals surface area contributed by atoms with Gasteiger partial charge in [-0.1, -0.05) is 11.6 Å². The number of fused-ring (bicyclic) bond motifs is 1. The van der Waals surface area contributed by atoms with Crippen LogP contribution >= 0.6 is 11.6 Å². The summed E-state index contributed by atoms with van der Waals surface area (Å²) in [7, 11) is 0. The van der Waals surface area contributed by atoms with E-state index in [0.717, 1.165) is 44.7 Å². The topological polar surface area (TPSA) is 28.2 Å². The van der Waals surface area contributed by atoms with Gasteiger partial charge in [-0.3, -0.25) is 0 Å². The molecule has 1 N–H and O–H groups in total. The predicted octanol–water partition coefficient (Wildman–Crippen LogP) is 2.94. The van der Waals surface area contributed by atoms with Gasteiger partial charge < -0.3 is 10.2 Å². The Morgan fingerprint density at radius 2 is 2.15 bits per heavy atom. The lowest BCUT2D eigenvalue weighted by Crippen LogP contribution is -2.44. The summed E-state index contributed by atoms with van der Waals surface area (Å²) in [6.45, 7) is 2.58. The molecule has 3 nitrogen and oxygen atoms in total. The Morgan fingerprint density at radius 1 is 1.35 bits per heavy atom. The molecule has 110 valence electrons. The number of nitrogens with zero attached hydrogens (tertiary/aromatic N) is 2. The SMILES string of the molecule is FC(F)(F)c1cnc(N2CCC3NCCC3C2)c(Cl)c1. The smallest absolute Gasteiger partial charge is 0.355 e. The summed E-state index contributed by atoms with van der Waals surface area (Å²) in [5, 5.41) is 3.52. The summed E-state index contributed by atoms with van der Waals surface area (Å²) >= 11 is 5.99. The second-order valence-electron chi connectivity index (χ2n) is 5.37. The number of anilines is 1. The molecular weight excluding hydrogens is 291 g/mol. The number of halogens is 4. The van der Waals surface area contributed by atoms with Crippen LogP contribution in [0.1, 0.15) is 18.4 Å². The Balaban J connectivity index is 1.80. The van der Waals surface area contributed by atoms with E-state index in [-0.39, 0.29) is 5.02 Å². The molecule has 2 aliphatic heterocycles. The van der Waals surface area contributed by atoms with Crippen LogP contribution in [0.25, 0.3) is 0 Å². The summed E-state index contributed by atoms with van der Waals surface area (Å²) < 4.78 is 37.8. The van der Waals surface area contributed by atoms with Crippen LogP contribution in [-0.2, 0) is 6.18 Å². The fourth-order valence-electron chi connectivity index (χ4n) is 3.06. The van der Waals surface area contributed by atoms with Gasteiger partial charge in [0.15, 0.2) is 0 Å². The first-order valence-electron chi connectivity index (χ1n) is 6.66. The Bertz CT molecular complexity index is 506.